The predicted molar refractivity (Wildman–Crippen MR) is 250 cm³/mol. The zero-order valence-electron chi connectivity index (χ0n) is 38.0. The minimum atomic E-state index is -4.46. The highest BCUT2D eigenvalue weighted by molar-refractivity contribution is 7.85. The first-order valence-electron chi connectivity index (χ1n) is 24.8. The van der Waals surface area contributed by atoms with Crippen molar-refractivity contribution >= 4 is 16.0 Å². The molecular formula is C50H95NO6S. The average molecular weight is 838 g/mol. The van der Waals surface area contributed by atoms with E-state index in [1.165, 1.54) is 179 Å². The summed E-state index contributed by atoms with van der Waals surface area (Å²) in [5.41, 5.74) is 0. The fourth-order valence-electron chi connectivity index (χ4n) is 7.61. The van der Waals surface area contributed by atoms with Crippen molar-refractivity contribution in [3.05, 3.63) is 36.5 Å². The van der Waals surface area contributed by atoms with Crippen LogP contribution >= 0.6 is 0 Å². The third kappa shape index (κ3) is 42.6. The molecule has 0 radical (unpaired) electrons. The number of unbranched alkanes of at least 4 members (excludes halogenated alkanes) is 32. The van der Waals surface area contributed by atoms with Crippen molar-refractivity contribution in [2.24, 2.45) is 0 Å². The molecular weight excluding hydrogens is 743 g/mol. The van der Waals surface area contributed by atoms with Crippen molar-refractivity contribution in [2.75, 3.05) is 5.75 Å². The van der Waals surface area contributed by atoms with Crippen LogP contribution in [0.15, 0.2) is 36.5 Å². The molecule has 0 rings (SSSR count). The fraction of sp³-hybridized carbons (Fsp3) is 0.860. The van der Waals surface area contributed by atoms with Gasteiger partial charge in [0.2, 0.25) is 5.91 Å². The summed E-state index contributed by atoms with van der Waals surface area (Å²) in [5, 5.41) is 23.5. The summed E-state index contributed by atoms with van der Waals surface area (Å²) >= 11 is 0. The summed E-state index contributed by atoms with van der Waals surface area (Å²) < 4.78 is 32.7. The topological polar surface area (TPSA) is 124 Å². The molecule has 3 unspecified atom stereocenters. The summed E-state index contributed by atoms with van der Waals surface area (Å²) in [6.07, 6.45) is 55.0. The zero-order valence-corrected chi connectivity index (χ0v) is 38.9. The largest absolute Gasteiger partial charge is 0.387 e. The number of rotatable bonds is 45. The van der Waals surface area contributed by atoms with Crippen molar-refractivity contribution in [3.8, 4) is 0 Å². The fourth-order valence-corrected chi connectivity index (χ4v) is 8.34. The quantitative estimate of drug-likeness (QED) is 0.0275. The molecule has 0 saturated heterocycles. The van der Waals surface area contributed by atoms with Gasteiger partial charge in [0.15, 0.2) is 0 Å². The lowest BCUT2D eigenvalue weighted by atomic mass is 10.0. The standard InChI is InChI=1S/C50H95NO6S/c1-3-5-7-9-11-13-15-17-19-21-23-25-27-29-31-33-35-37-39-41-43-45-49(53)50(54)51-47(46-58(55,56)57)48(52)44-42-40-38-36-34-32-30-28-26-24-22-20-18-16-14-12-10-8-6-4-2/h26,28,34,36,42,44,47-49,52-53H,3-25,27,29-33,35,37-41,43,45-46H2,1-2H3,(H,51,54)(H,55,56,57)/b28-26+,36-34+,44-42+. The molecule has 0 saturated carbocycles. The third-order valence-corrected chi connectivity index (χ3v) is 12.2. The first kappa shape index (κ1) is 56.5. The molecule has 0 aliphatic rings. The molecule has 58 heavy (non-hydrogen) atoms. The van der Waals surface area contributed by atoms with Crippen molar-refractivity contribution in [1.29, 1.82) is 0 Å². The van der Waals surface area contributed by atoms with Gasteiger partial charge < -0.3 is 15.5 Å². The second-order valence-electron chi connectivity index (χ2n) is 17.2. The predicted octanol–water partition coefficient (Wildman–Crippen LogP) is 14.2. The van der Waals surface area contributed by atoms with Crippen LogP contribution in [-0.2, 0) is 14.9 Å². The highest BCUT2D eigenvalue weighted by Gasteiger charge is 2.27. The number of carbonyl (C=O) groups is 1. The molecule has 0 spiro atoms. The smallest absolute Gasteiger partial charge is 0.267 e. The Morgan fingerprint density at radius 3 is 1.14 bits per heavy atom. The summed E-state index contributed by atoms with van der Waals surface area (Å²) in [5.74, 6) is -1.56. The number of aliphatic hydroxyl groups is 2. The Morgan fingerprint density at radius 2 is 0.776 bits per heavy atom. The summed E-state index contributed by atoms with van der Waals surface area (Å²) in [6, 6.07) is -1.25. The number of nitrogens with one attached hydrogen (secondary N) is 1. The maximum absolute atomic E-state index is 12.7. The molecule has 0 aliphatic heterocycles. The van der Waals surface area contributed by atoms with Crippen LogP contribution in [0.5, 0.6) is 0 Å². The minimum Gasteiger partial charge on any atom is -0.387 e. The molecule has 7 nitrogen and oxygen atoms in total. The molecule has 0 fully saturated rings. The lowest BCUT2D eigenvalue weighted by molar-refractivity contribution is -0.130. The number of carbonyl (C=O) groups excluding carboxylic acids is 1. The Kier molecular flexibility index (Phi) is 42.5. The molecule has 4 N–H and O–H groups in total. The number of hydrogen-bond donors (Lipinski definition) is 4. The van der Waals surface area contributed by atoms with Crippen LogP contribution in [0.25, 0.3) is 0 Å². The molecule has 0 heterocycles. The van der Waals surface area contributed by atoms with Crippen LogP contribution in [-0.4, -0.2) is 53.1 Å². The molecule has 3 atom stereocenters. The Labute approximate surface area is 359 Å². The highest BCUT2D eigenvalue weighted by Crippen LogP contribution is 2.16. The SMILES string of the molecule is CCCCCCCCCCCC/C=C/CC/C=C/CC/C=C/C(O)C(CS(=O)(=O)O)NC(=O)C(O)CCCCCCCCCCCCCCCCCCCCCCC. The van der Waals surface area contributed by atoms with Crippen LogP contribution in [0.3, 0.4) is 0 Å². The number of hydrogen-bond acceptors (Lipinski definition) is 5. The van der Waals surface area contributed by atoms with E-state index in [1.54, 1.807) is 6.08 Å². The molecule has 0 aromatic rings. The Morgan fingerprint density at radius 1 is 0.466 bits per heavy atom. The van der Waals surface area contributed by atoms with E-state index in [9.17, 15) is 28.0 Å². The van der Waals surface area contributed by atoms with E-state index in [0.29, 0.717) is 12.8 Å². The number of aliphatic hydroxyl groups excluding tert-OH is 2. The maximum atomic E-state index is 12.7. The normalized spacial score (nSPS) is 13.9. The third-order valence-electron chi connectivity index (χ3n) is 11.4. The molecule has 0 aromatic carbocycles. The van der Waals surface area contributed by atoms with Gasteiger partial charge in [-0.05, 0) is 44.9 Å². The van der Waals surface area contributed by atoms with Crippen LogP contribution in [0, 0.1) is 0 Å². The van der Waals surface area contributed by atoms with E-state index >= 15 is 0 Å². The van der Waals surface area contributed by atoms with Crippen LogP contribution < -0.4 is 5.32 Å². The van der Waals surface area contributed by atoms with Gasteiger partial charge in [-0.3, -0.25) is 9.35 Å². The molecule has 0 aromatic heterocycles. The van der Waals surface area contributed by atoms with Crippen molar-refractivity contribution < 1.29 is 28.0 Å². The Hall–Kier alpha value is -1.48. The summed E-state index contributed by atoms with van der Waals surface area (Å²) in [6.45, 7) is 4.54. The van der Waals surface area contributed by atoms with E-state index in [1.807, 2.05) is 0 Å². The summed E-state index contributed by atoms with van der Waals surface area (Å²) in [7, 11) is -4.46. The number of allylic oxidation sites excluding steroid dienone is 5. The highest BCUT2D eigenvalue weighted by atomic mass is 32.2. The maximum Gasteiger partial charge on any atom is 0.267 e. The van der Waals surface area contributed by atoms with E-state index in [2.05, 4.69) is 43.5 Å². The lowest BCUT2D eigenvalue weighted by Crippen LogP contribution is -2.50. The monoisotopic (exact) mass is 838 g/mol. The van der Waals surface area contributed by atoms with Gasteiger partial charge in [-0.1, -0.05) is 243 Å². The van der Waals surface area contributed by atoms with E-state index in [4.69, 9.17) is 0 Å². The van der Waals surface area contributed by atoms with E-state index in [-0.39, 0.29) is 6.42 Å². The van der Waals surface area contributed by atoms with Gasteiger partial charge in [-0.15, -0.1) is 0 Å². The van der Waals surface area contributed by atoms with Crippen LogP contribution in [0.4, 0.5) is 0 Å². The molecule has 8 heteroatoms. The molecule has 0 bridgehead atoms. The second kappa shape index (κ2) is 43.6. The molecule has 1 amide bonds. The zero-order chi connectivity index (χ0) is 42.6. The van der Waals surface area contributed by atoms with Crippen molar-refractivity contribution in [2.45, 2.75) is 270 Å². The van der Waals surface area contributed by atoms with Gasteiger partial charge in [0.25, 0.3) is 10.1 Å². The van der Waals surface area contributed by atoms with Gasteiger partial charge in [-0.2, -0.15) is 8.42 Å². The molecule has 0 aliphatic carbocycles. The van der Waals surface area contributed by atoms with Crippen molar-refractivity contribution in [1.82, 2.24) is 5.32 Å². The first-order chi connectivity index (χ1) is 28.2. The van der Waals surface area contributed by atoms with Gasteiger partial charge in [0, 0.05) is 0 Å². The minimum absolute atomic E-state index is 0.275. The van der Waals surface area contributed by atoms with Gasteiger partial charge in [0.05, 0.1) is 17.9 Å². The Balaban J connectivity index is 3.96. The second-order valence-corrected chi connectivity index (χ2v) is 18.7. The molecule has 342 valence electrons. The van der Waals surface area contributed by atoms with Crippen molar-refractivity contribution in [3.63, 3.8) is 0 Å². The van der Waals surface area contributed by atoms with Gasteiger partial charge in [-0.25, -0.2) is 0 Å². The van der Waals surface area contributed by atoms with E-state index in [0.717, 1.165) is 44.9 Å². The van der Waals surface area contributed by atoms with Gasteiger partial charge in [0.1, 0.15) is 6.10 Å². The van der Waals surface area contributed by atoms with Crippen LogP contribution in [0.2, 0.25) is 0 Å². The lowest BCUT2D eigenvalue weighted by Gasteiger charge is -2.22. The Bertz CT molecular complexity index is 1070. The van der Waals surface area contributed by atoms with Crippen LogP contribution in [0.1, 0.15) is 251 Å². The first-order valence-corrected chi connectivity index (χ1v) is 26.4. The van der Waals surface area contributed by atoms with Gasteiger partial charge >= 0.3 is 0 Å². The van der Waals surface area contributed by atoms with E-state index < -0.39 is 40.0 Å². The average Bonchev–Trinajstić information content (AvgIpc) is 3.19. The number of amides is 1. The summed E-state index contributed by atoms with van der Waals surface area (Å²) in [4.78, 5) is 12.7.